The smallest absolute Gasteiger partial charge is 0.0641 e. The van der Waals surface area contributed by atoms with E-state index in [1.165, 1.54) is 43.7 Å². The molecule has 0 bridgehead atoms. The van der Waals surface area contributed by atoms with Gasteiger partial charge in [0.05, 0.1) is 5.69 Å². The van der Waals surface area contributed by atoms with Gasteiger partial charge in [0.1, 0.15) is 0 Å². The van der Waals surface area contributed by atoms with Crippen molar-refractivity contribution in [3.63, 3.8) is 0 Å². The Labute approximate surface area is 123 Å². The lowest BCUT2D eigenvalue weighted by Gasteiger charge is -2.34. The summed E-state index contributed by atoms with van der Waals surface area (Å²) in [4.78, 5) is 2.55. The molecule has 2 heterocycles. The first-order valence-corrected chi connectivity index (χ1v) is 7.97. The van der Waals surface area contributed by atoms with Gasteiger partial charge in [-0.25, -0.2) is 0 Å². The highest BCUT2D eigenvalue weighted by atomic mass is 15.3. The molecule has 20 heavy (non-hydrogen) atoms. The summed E-state index contributed by atoms with van der Waals surface area (Å²) in [5.74, 6) is 0.815. The second kappa shape index (κ2) is 6.72. The maximum absolute atomic E-state index is 4.49. The highest BCUT2D eigenvalue weighted by molar-refractivity contribution is 5.24. The zero-order chi connectivity index (χ0) is 14.7. The minimum atomic E-state index is 0.591. The summed E-state index contributed by atoms with van der Waals surface area (Å²) in [5, 5.41) is 8.22. The van der Waals surface area contributed by atoms with Crippen LogP contribution in [0.4, 0.5) is 0 Å². The van der Waals surface area contributed by atoms with Crippen molar-refractivity contribution in [1.82, 2.24) is 20.0 Å². The first-order chi connectivity index (χ1) is 9.52. The lowest BCUT2D eigenvalue weighted by atomic mass is 9.90. The van der Waals surface area contributed by atoms with Crippen molar-refractivity contribution in [2.45, 2.75) is 53.1 Å². The molecule has 0 saturated carbocycles. The normalized spacial score (nSPS) is 19.4. The Morgan fingerprint density at radius 1 is 1.30 bits per heavy atom. The van der Waals surface area contributed by atoms with E-state index in [0.717, 1.165) is 18.2 Å². The van der Waals surface area contributed by atoms with Crippen LogP contribution in [0.5, 0.6) is 0 Å². The van der Waals surface area contributed by atoms with Crippen molar-refractivity contribution in [3.05, 3.63) is 17.0 Å². The Morgan fingerprint density at radius 2 is 1.95 bits per heavy atom. The number of hydrogen-bond acceptors (Lipinski definition) is 3. The average molecular weight is 278 g/mol. The number of aryl methyl sites for hydroxylation is 2. The third-order valence-electron chi connectivity index (χ3n) is 5.05. The van der Waals surface area contributed by atoms with Crippen LogP contribution in [0.25, 0.3) is 0 Å². The number of hydrogen-bond donors (Lipinski definition) is 1. The summed E-state index contributed by atoms with van der Waals surface area (Å²) >= 11 is 0. The van der Waals surface area contributed by atoms with Crippen molar-refractivity contribution in [2.75, 3.05) is 19.6 Å². The van der Waals surface area contributed by atoms with Gasteiger partial charge in [0.25, 0.3) is 0 Å². The number of aromatic nitrogens is 2. The Morgan fingerprint density at radius 3 is 2.45 bits per heavy atom. The van der Waals surface area contributed by atoms with Crippen molar-refractivity contribution in [2.24, 2.45) is 13.0 Å². The molecule has 2 rings (SSSR count). The fourth-order valence-corrected chi connectivity index (χ4v) is 3.27. The largest absolute Gasteiger partial charge is 0.310 e. The fraction of sp³-hybridized carbons (Fsp3) is 0.812. The van der Waals surface area contributed by atoms with Gasteiger partial charge in [-0.05, 0) is 59.2 Å². The SMILES string of the molecule is CCN1CCC(C(C)NCc2c(C)nn(C)c2C)CC1. The van der Waals surface area contributed by atoms with E-state index in [1.54, 1.807) is 0 Å². The molecule has 1 unspecified atom stereocenters. The molecule has 4 nitrogen and oxygen atoms in total. The Bertz CT molecular complexity index is 430. The van der Waals surface area contributed by atoms with E-state index in [1.807, 2.05) is 11.7 Å². The molecule has 0 aromatic carbocycles. The van der Waals surface area contributed by atoms with Crippen LogP contribution in [0, 0.1) is 19.8 Å². The van der Waals surface area contributed by atoms with Crippen LogP contribution in [-0.2, 0) is 13.6 Å². The third kappa shape index (κ3) is 3.41. The van der Waals surface area contributed by atoms with Crippen molar-refractivity contribution in [1.29, 1.82) is 0 Å². The number of nitrogens with zero attached hydrogens (tertiary/aromatic N) is 3. The Hall–Kier alpha value is -0.870. The number of nitrogens with one attached hydrogen (secondary N) is 1. The monoisotopic (exact) mass is 278 g/mol. The molecule has 0 amide bonds. The third-order valence-corrected chi connectivity index (χ3v) is 5.05. The first kappa shape index (κ1) is 15.5. The standard InChI is InChI=1S/C16H30N4/c1-6-20-9-7-15(8-10-20)12(2)17-11-16-13(3)18-19(5)14(16)4/h12,15,17H,6-11H2,1-5H3. The van der Waals surface area contributed by atoms with E-state index in [-0.39, 0.29) is 0 Å². The molecule has 4 heteroatoms. The van der Waals surface area contributed by atoms with Crippen LogP contribution in [0.15, 0.2) is 0 Å². The van der Waals surface area contributed by atoms with Crippen molar-refractivity contribution in [3.8, 4) is 0 Å². The van der Waals surface area contributed by atoms with Crippen LogP contribution in [0.2, 0.25) is 0 Å². The summed E-state index contributed by atoms with van der Waals surface area (Å²) in [6.45, 7) is 13.5. The zero-order valence-electron chi connectivity index (χ0n) is 13.7. The van der Waals surface area contributed by atoms with Gasteiger partial charge in [-0.1, -0.05) is 6.92 Å². The van der Waals surface area contributed by atoms with E-state index in [0.29, 0.717) is 6.04 Å². The lowest BCUT2D eigenvalue weighted by Crippen LogP contribution is -2.41. The maximum atomic E-state index is 4.49. The molecular weight excluding hydrogens is 248 g/mol. The molecule has 114 valence electrons. The summed E-state index contributed by atoms with van der Waals surface area (Å²) in [5.41, 5.74) is 3.80. The van der Waals surface area contributed by atoms with Crippen LogP contribution in [0.3, 0.4) is 0 Å². The number of likely N-dealkylation sites (tertiary alicyclic amines) is 1. The molecule has 0 radical (unpaired) electrons. The van der Waals surface area contributed by atoms with Gasteiger partial charge < -0.3 is 10.2 Å². The van der Waals surface area contributed by atoms with E-state index in [4.69, 9.17) is 0 Å². The minimum Gasteiger partial charge on any atom is -0.310 e. The lowest BCUT2D eigenvalue weighted by molar-refractivity contribution is 0.168. The van der Waals surface area contributed by atoms with Crippen LogP contribution < -0.4 is 5.32 Å². The molecule has 1 N–H and O–H groups in total. The van der Waals surface area contributed by atoms with E-state index >= 15 is 0 Å². The van der Waals surface area contributed by atoms with Gasteiger partial charge in [0.2, 0.25) is 0 Å². The summed E-state index contributed by atoms with van der Waals surface area (Å²) < 4.78 is 1.98. The van der Waals surface area contributed by atoms with Gasteiger partial charge in [0.15, 0.2) is 0 Å². The molecule has 1 fully saturated rings. The molecule has 1 aliphatic heterocycles. The van der Waals surface area contributed by atoms with Crippen LogP contribution in [0.1, 0.15) is 43.6 Å². The molecule has 1 saturated heterocycles. The molecule has 1 atom stereocenters. The van der Waals surface area contributed by atoms with E-state index < -0.39 is 0 Å². The van der Waals surface area contributed by atoms with Crippen molar-refractivity contribution >= 4 is 0 Å². The summed E-state index contributed by atoms with van der Waals surface area (Å²) in [6.07, 6.45) is 2.65. The van der Waals surface area contributed by atoms with Gasteiger partial charge in [-0.15, -0.1) is 0 Å². The maximum Gasteiger partial charge on any atom is 0.0641 e. The highest BCUT2D eigenvalue weighted by Gasteiger charge is 2.23. The molecule has 1 aromatic rings. The molecular formula is C16H30N4. The van der Waals surface area contributed by atoms with Crippen LogP contribution >= 0.6 is 0 Å². The predicted octanol–water partition coefficient (Wildman–Crippen LogP) is 2.25. The summed E-state index contributed by atoms with van der Waals surface area (Å²) in [6, 6.07) is 0.591. The Balaban J connectivity index is 1.85. The molecule has 0 spiro atoms. The Kier molecular flexibility index (Phi) is 5.22. The predicted molar refractivity (Wildman–Crippen MR) is 83.8 cm³/mol. The zero-order valence-corrected chi connectivity index (χ0v) is 13.7. The van der Waals surface area contributed by atoms with Crippen molar-refractivity contribution < 1.29 is 0 Å². The van der Waals surface area contributed by atoms with Gasteiger partial charge in [0, 0.05) is 30.9 Å². The number of rotatable bonds is 5. The van der Waals surface area contributed by atoms with Crippen LogP contribution in [-0.4, -0.2) is 40.4 Å². The van der Waals surface area contributed by atoms with Gasteiger partial charge in [-0.2, -0.15) is 5.10 Å². The number of piperidine rings is 1. The molecule has 1 aromatic heterocycles. The first-order valence-electron chi connectivity index (χ1n) is 7.97. The van der Waals surface area contributed by atoms with E-state index in [2.05, 4.69) is 43.0 Å². The molecule has 0 aliphatic carbocycles. The minimum absolute atomic E-state index is 0.591. The highest BCUT2D eigenvalue weighted by Crippen LogP contribution is 2.21. The second-order valence-corrected chi connectivity index (χ2v) is 6.21. The van der Waals surface area contributed by atoms with E-state index in [9.17, 15) is 0 Å². The fourth-order valence-electron chi connectivity index (χ4n) is 3.27. The average Bonchev–Trinajstić information content (AvgIpc) is 2.70. The quantitative estimate of drug-likeness (QED) is 0.897. The van der Waals surface area contributed by atoms with Gasteiger partial charge >= 0.3 is 0 Å². The second-order valence-electron chi connectivity index (χ2n) is 6.21. The summed E-state index contributed by atoms with van der Waals surface area (Å²) in [7, 11) is 2.02. The van der Waals surface area contributed by atoms with Gasteiger partial charge in [-0.3, -0.25) is 4.68 Å². The molecule has 1 aliphatic rings. The topological polar surface area (TPSA) is 33.1 Å².